The van der Waals surface area contributed by atoms with Crippen LogP contribution in [0, 0.1) is 11.6 Å². The number of hydrogen-bond acceptors (Lipinski definition) is 5. The minimum Gasteiger partial charge on any atom is -0.358 e. The lowest BCUT2D eigenvalue weighted by molar-refractivity contribution is 0.151. The van der Waals surface area contributed by atoms with E-state index in [-0.39, 0.29) is 41.5 Å². The van der Waals surface area contributed by atoms with E-state index in [0.717, 1.165) is 37.3 Å². The number of sulfone groups is 1. The number of fused-ring (bicyclic) bond motifs is 2. The third-order valence-corrected chi connectivity index (χ3v) is 11.2. The molecule has 1 saturated heterocycles. The summed E-state index contributed by atoms with van der Waals surface area (Å²) >= 11 is 0. The van der Waals surface area contributed by atoms with E-state index in [2.05, 4.69) is 16.8 Å². The third-order valence-electron chi connectivity index (χ3n) is 8.05. The number of halogens is 2. The van der Waals surface area contributed by atoms with Crippen molar-refractivity contribution in [2.45, 2.75) is 63.1 Å². The molecule has 2 aliphatic heterocycles. The Balaban J connectivity index is 1.35. The molecular formula is C27H34F2N4O4S2. The van der Waals surface area contributed by atoms with Crippen molar-refractivity contribution in [1.82, 2.24) is 14.2 Å². The van der Waals surface area contributed by atoms with Crippen molar-refractivity contribution in [2.75, 3.05) is 30.2 Å². The third kappa shape index (κ3) is 5.07. The van der Waals surface area contributed by atoms with Crippen LogP contribution in [0.1, 0.15) is 50.7 Å². The molecule has 12 heteroatoms. The van der Waals surface area contributed by atoms with E-state index in [1.165, 1.54) is 14.7 Å². The molecule has 0 spiro atoms. The first-order valence-electron chi connectivity index (χ1n) is 13.1. The van der Waals surface area contributed by atoms with Gasteiger partial charge in [0.25, 0.3) is 0 Å². The van der Waals surface area contributed by atoms with E-state index < -0.39 is 31.7 Å². The number of likely N-dealkylation sites (tertiary alicyclic amines) is 1. The van der Waals surface area contributed by atoms with Crippen LogP contribution in [0.2, 0.25) is 0 Å². The Morgan fingerprint density at radius 3 is 2.54 bits per heavy atom. The summed E-state index contributed by atoms with van der Waals surface area (Å²) in [6.45, 7) is 7.27. The summed E-state index contributed by atoms with van der Waals surface area (Å²) < 4.78 is 82.1. The summed E-state index contributed by atoms with van der Waals surface area (Å²) in [5, 5.41) is 0.692. The van der Waals surface area contributed by atoms with E-state index in [0.29, 0.717) is 23.2 Å². The molecule has 0 radical (unpaired) electrons. The van der Waals surface area contributed by atoms with Gasteiger partial charge in [-0.05, 0) is 87.5 Å². The fourth-order valence-corrected chi connectivity index (χ4v) is 8.40. The first-order chi connectivity index (χ1) is 18.3. The number of aromatic nitrogens is 1. The molecule has 2 atom stereocenters. The summed E-state index contributed by atoms with van der Waals surface area (Å²) in [5.41, 5.74) is 2.33. The van der Waals surface area contributed by atoms with Crippen molar-refractivity contribution in [3.63, 3.8) is 0 Å². The van der Waals surface area contributed by atoms with E-state index in [1.54, 1.807) is 38.2 Å². The molecule has 0 unspecified atom stereocenters. The van der Waals surface area contributed by atoms with Gasteiger partial charge in [0.2, 0.25) is 0 Å². The molecule has 0 aliphatic carbocycles. The number of nitrogens with one attached hydrogen (secondary N) is 1. The first kappa shape index (κ1) is 28.0. The molecule has 3 heterocycles. The Morgan fingerprint density at radius 1 is 1.13 bits per heavy atom. The van der Waals surface area contributed by atoms with Crippen molar-refractivity contribution in [1.29, 1.82) is 0 Å². The Labute approximate surface area is 228 Å². The van der Waals surface area contributed by atoms with Gasteiger partial charge in [0, 0.05) is 49.6 Å². The van der Waals surface area contributed by atoms with Crippen molar-refractivity contribution < 1.29 is 25.6 Å². The minimum absolute atomic E-state index is 0.117. The number of piperidine rings is 1. The van der Waals surface area contributed by atoms with Gasteiger partial charge in [-0.2, -0.15) is 12.7 Å². The molecular weight excluding hydrogens is 546 g/mol. The average molecular weight is 581 g/mol. The van der Waals surface area contributed by atoms with Crippen LogP contribution in [0.5, 0.6) is 0 Å². The van der Waals surface area contributed by atoms with Crippen molar-refractivity contribution >= 4 is 36.6 Å². The van der Waals surface area contributed by atoms with Gasteiger partial charge in [-0.15, -0.1) is 0 Å². The smallest absolute Gasteiger partial charge is 0.304 e. The lowest BCUT2D eigenvalue weighted by Crippen LogP contribution is -2.53. The highest BCUT2D eigenvalue weighted by atomic mass is 32.2. The van der Waals surface area contributed by atoms with Crippen LogP contribution < -0.4 is 4.31 Å². The molecule has 0 amide bonds. The van der Waals surface area contributed by atoms with Crippen molar-refractivity contribution in [3.8, 4) is 0 Å². The van der Waals surface area contributed by atoms with Crippen LogP contribution in [0.3, 0.4) is 0 Å². The molecule has 2 aromatic carbocycles. The molecule has 1 fully saturated rings. The maximum atomic E-state index is 14.2. The zero-order valence-electron chi connectivity index (χ0n) is 22.5. The molecule has 212 valence electrons. The summed E-state index contributed by atoms with van der Waals surface area (Å²) in [6, 6.07) is 7.25. The summed E-state index contributed by atoms with van der Waals surface area (Å²) in [4.78, 5) is 5.31. The second kappa shape index (κ2) is 10.1. The highest BCUT2D eigenvalue weighted by Crippen LogP contribution is 2.38. The molecule has 5 rings (SSSR count). The van der Waals surface area contributed by atoms with E-state index >= 15 is 0 Å². The second-order valence-electron chi connectivity index (χ2n) is 10.9. The monoisotopic (exact) mass is 580 g/mol. The normalized spacial score (nSPS) is 22.5. The highest BCUT2D eigenvalue weighted by molar-refractivity contribution is 7.91. The molecule has 3 aromatic rings. The lowest BCUT2D eigenvalue weighted by atomic mass is 9.85. The Bertz CT molecular complexity index is 1620. The van der Waals surface area contributed by atoms with Crippen LogP contribution in [0.4, 0.5) is 14.5 Å². The van der Waals surface area contributed by atoms with Crippen LogP contribution in [-0.4, -0.2) is 69.0 Å². The number of hydrogen-bond donors (Lipinski definition) is 1. The standard InChI is InChI=1S/C27H34F2N4O4S2/c1-17(2)33-16-20-14-21(38(4,34)35)5-8-25(20)32(39(33,36)37)12-11-31-10-9-19(13-18(31)3)23-15-30-27-22(23)6-7-24(28)26(27)29/h5-8,14-15,17-19,30H,9-13,16H2,1-4H3/t18-,19+/m0/s1. The molecule has 8 nitrogen and oxygen atoms in total. The number of anilines is 1. The SMILES string of the molecule is CC(C)N1Cc2cc(S(C)(=O)=O)ccc2N(CCN2CC[C@@H](c3c[nH]c4c(F)c(F)ccc34)C[C@@H]2C)S1(=O)=O. The average Bonchev–Trinajstić information content (AvgIpc) is 3.29. The van der Waals surface area contributed by atoms with Crippen LogP contribution in [0.15, 0.2) is 41.4 Å². The number of H-pyrrole nitrogens is 1. The maximum absolute atomic E-state index is 14.2. The minimum atomic E-state index is -3.80. The van der Waals surface area contributed by atoms with Gasteiger partial charge in [0.1, 0.15) is 0 Å². The Hall–Kier alpha value is -2.54. The Kier molecular flexibility index (Phi) is 7.28. The van der Waals surface area contributed by atoms with Crippen molar-refractivity contribution in [2.24, 2.45) is 0 Å². The number of rotatable bonds is 6. The van der Waals surface area contributed by atoms with Crippen molar-refractivity contribution in [3.05, 3.63) is 59.3 Å². The molecule has 1 N–H and O–H groups in total. The fraction of sp³-hybridized carbons (Fsp3) is 0.481. The van der Waals surface area contributed by atoms with E-state index in [4.69, 9.17) is 0 Å². The van der Waals surface area contributed by atoms with Crippen LogP contribution in [-0.2, 0) is 26.6 Å². The van der Waals surface area contributed by atoms with Gasteiger partial charge in [0.05, 0.1) is 16.1 Å². The summed E-state index contributed by atoms with van der Waals surface area (Å²) in [5.74, 6) is -1.58. The van der Waals surface area contributed by atoms with Gasteiger partial charge in [-0.1, -0.05) is 0 Å². The molecule has 0 saturated carbocycles. The summed E-state index contributed by atoms with van der Waals surface area (Å²) in [7, 11) is -7.24. The predicted octanol–water partition coefficient (Wildman–Crippen LogP) is 4.39. The van der Waals surface area contributed by atoms with Gasteiger partial charge in [-0.25, -0.2) is 17.2 Å². The van der Waals surface area contributed by atoms with Gasteiger partial charge in [-0.3, -0.25) is 9.21 Å². The predicted molar refractivity (Wildman–Crippen MR) is 148 cm³/mol. The maximum Gasteiger partial charge on any atom is 0.304 e. The number of benzene rings is 2. The van der Waals surface area contributed by atoms with Gasteiger partial charge < -0.3 is 4.98 Å². The zero-order valence-corrected chi connectivity index (χ0v) is 24.1. The largest absolute Gasteiger partial charge is 0.358 e. The number of aromatic amines is 1. The molecule has 1 aromatic heterocycles. The number of nitrogens with zero attached hydrogens (tertiary/aromatic N) is 3. The topological polar surface area (TPSA) is 93.8 Å². The molecule has 0 bridgehead atoms. The fourth-order valence-electron chi connectivity index (χ4n) is 5.90. The van der Waals surface area contributed by atoms with Gasteiger partial charge in [0.15, 0.2) is 21.5 Å². The van der Waals surface area contributed by atoms with E-state index in [9.17, 15) is 25.6 Å². The van der Waals surface area contributed by atoms with Crippen LogP contribution >= 0.6 is 0 Å². The quantitative estimate of drug-likeness (QED) is 0.467. The Morgan fingerprint density at radius 2 is 1.87 bits per heavy atom. The van der Waals surface area contributed by atoms with Gasteiger partial charge >= 0.3 is 10.2 Å². The summed E-state index contributed by atoms with van der Waals surface area (Å²) in [6.07, 6.45) is 4.51. The molecule has 39 heavy (non-hydrogen) atoms. The second-order valence-corrected chi connectivity index (χ2v) is 14.7. The first-order valence-corrected chi connectivity index (χ1v) is 16.4. The molecule has 2 aliphatic rings. The highest BCUT2D eigenvalue weighted by Gasteiger charge is 2.39. The zero-order chi connectivity index (χ0) is 28.3. The van der Waals surface area contributed by atoms with E-state index in [1.807, 2.05) is 0 Å². The lowest BCUT2D eigenvalue weighted by Gasteiger charge is -2.42. The van der Waals surface area contributed by atoms with Crippen LogP contribution in [0.25, 0.3) is 10.9 Å².